The van der Waals surface area contributed by atoms with Gasteiger partial charge in [-0.2, -0.15) is 0 Å². The van der Waals surface area contributed by atoms with E-state index in [1.54, 1.807) is 0 Å². The largest absolute Gasteiger partial charge is 0.310 e. The molecular weight excluding hydrogens is 639 g/mol. The van der Waals surface area contributed by atoms with Crippen LogP contribution in [0.3, 0.4) is 0 Å². The average Bonchev–Trinajstić information content (AvgIpc) is 3.65. The van der Waals surface area contributed by atoms with Gasteiger partial charge in [0.25, 0.3) is 0 Å². The summed E-state index contributed by atoms with van der Waals surface area (Å²) in [5.41, 5.74) is 18.6. The molecule has 1 nitrogen and oxygen atoms in total. The molecule has 0 atom stereocenters. The maximum absolute atomic E-state index is 2.39. The Hall–Kier alpha value is -6.44. The van der Waals surface area contributed by atoms with Crippen LogP contribution in [0, 0.1) is 0 Å². The predicted molar refractivity (Wildman–Crippen MR) is 221 cm³/mol. The van der Waals surface area contributed by atoms with Crippen LogP contribution in [0.4, 0.5) is 17.1 Å². The summed E-state index contributed by atoms with van der Waals surface area (Å²) >= 11 is 0. The summed E-state index contributed by atoms with van der Waals surface area (Å²) in [6.07, 6.45) is 0. The Morgan fingerprint density at radius 3 is 1.47 bits per heavy atom. The van der Waals surface area contributed by atoms with Crippen molar-refractivity contribution >= 4 is 17.1 Å². The first kappa shape index (κ1) is 31.3. The van der Waals surface area contributed by atoms with Crippen LogP contribution < -0.4 is 4.90 Å². The highest BCUT2D eigenvalue weighted by Crippen LogP contribution is 2.56. The van der Waals surface area contributed by atoms with Crippen molar-refractivity contribution in [1.29, 1.82) is 0 Å². The minimum atomic E-state index is -0.403. The number of hydrogen-bond acceptors (Lipinski definition) is 1. The van der Waals surface area contributed by atoms with E-state index in [2.05, 4.69) is 219 Å². The third-order valence-corrected chi connectivity index (χ3v) is 11.8. The van der Waals surface area contributed by atoms with Gasteiger partial charge in [-0.25, -0.2) is 0 Å². The standard InChI is InChI=1S/C52H39N/c1-51(2)47-25-12-9-24-45(47)46-35-42(32-33-48(46)51)53(40-19-7-4-8-20-40)41-21-15-16-37(34-41)36-28-30-39(31-29-36)52(38-17-5-3-6-18-38)49-26-13-10-22-43(49)44-23-11-14-27-50(44)52/h3-35H,1-2H3. The molecule has 0 N–H and O–H groups in total. The van der Waals surface area contributed by atoms with Gasteiger partial charge in [0.1, 0.15) is 0 Å². The van der Waals surface area contributed by atoms with Crippen LogP contribution in [0.2, 0.25) is 0 Å². The zero-order valence-electron chi connectivity index (χ0n) is 30.0. The zero-order valence-corrected chi connectivity index (χ0v) is 30.0. The molecule has 0 radical (unpaired) electrons. The van der Waals surface area contributed by atoms with Crippen molar-refractivity contribution in [2.45, 2.75) is 24.7 Å². The number of fused-ring (bicyclic) bond motifs is 6. The van der Waals surface area contributed by atoms with Crippen LogP contribution in [-0.2, 0) is 10.8 Å². The summed E-state index contributed by atoms with van der Waals surface area (Å²) < 4.78 is 0. The lowest BCUT2D eigenvalue weighted by molar-refractivity contribution is 0.660. The topological polar surface area (TPSA) is 3.24 Å². The molecule has 0 aromatic heterocycles. The molecule has 0 unspecified atom stereocenters. The van der Waals surface area contributed by atoms with E-state index < -0.39 is 5.41 Å². The fourth-order valence-electron chi connectivity index (χ4n) is 9.32. The number of nitrogens with zero attached hydrogens (tertiary/aromatic N) is 1. The molecule has 1 heteroatoms. The van der Waals surface area contributed by atoms with Gasteiger partial charge in [-0.15, -0.1) is 0 Å². The van der Waals surface area contributed by atoms with E-state index in [0.29, 0.717) is 0 Å². The summed E-state index contributed by atoms with van der Waals surface area (Å²) in [5, 5.41) is 0. The second kappa shape index (κ2) is 12.1. The number of hydrogen-bond donors (Lipinski definition) is 0. The lowest BCUT2D eigenvalue weighted by Crippen LogP contribution is -2.28. The van der Waals surface area contributed by atoms with Gasteiger partial charge in [-0.1, -0.05) is 178 Å². The molecule has 10 rings (SSSR count). The van der Waals surface area contributed by atoms with Crippen molar-refractivity contribution < 1.29 is 0 Å². The van der Waals surface area contributed by atoms with Gasteiger partial charge in [0.15, 0.2) is 0 Å². The second-order valence-corrected chi connectivity index (χ2v) is 14.9. The quantitative estimate of drug-likeness (QED) is 0.169. The summed E-state index contributed by atoms with van der Waals surface area (Å²) in [5.74, 6) is 0. The molecule has 0 fully saturated rings. The summed E-state index contributed by atoms with van der Waals surface area (Å²) in [6.45, 7) is 4.68. The SMILES string of the molecule is CC1(C)c2ccccc2-c2cc(N(c3ccccc3)c3cccc(-c4ccc(C5(c6ccccc6)c6ccccc6-c6ccccc65)cc4)c3)ccc21. The van der Waals surface area contributed by atoms with Gasteiger partial charge in [0, 0.05) is 22.5 Å². The lowest BCUT2D eigenvalue weighted by Gasteiger charge is -2.34. The van der Waals surface area contributed by atoms with E-state index in [0.717, 1.165) is 17.1 Å². The summed E-state index contributed by atoms with van der Waals surface area (Å²) in [6, 6.07) is 73.8. The molecule has 2 aliphatic carbocycles. The van der Waals surface area contributed by atoms with Crippen LogP contribution in [-0.4, -0.2) is 0 Å². The van der Waals surface area contributed by atoms with E-state index in [4.69, 9.17) is 0 Å². The molecule has 0 amide bonds. The molecule has 0 aliphatic heterocycles. The lowest BCUT2D eigenvalue weighted by atomic mass is 9.67. The fraction of sp³-hybridized carbons (Fsp3) is 0.0769. The molecular formula is C52H39N. The Morgan fingerprint density at radius 1 is 0.321 bits per heavy atom. The third-order valence-electron chi connectivity index (χ3n) is 11.8. The van der Waals surface area contributed by atoms with Gasteiger partial charge in [-0.3, -0.25) is 0 Å². The van der Waals surface area contributed by atoms with Crippen molar-refractivity contribution in [3.8, 4) is 33.4 Å². The molecule has 2 aliphatic rings. The smallest absolute Gasteiger partial charge is 0.0713 e. The molecule has 8 aromatic rings. The van der Waals surface area contributed by atoms with Gasteiger partial charge in [-0.05, 0) is 103 Å². The minimum absolute atomic E-state index is 0.0319. The average molecular weight is 678 g/mol. The van der Waals surface area contributed by atoms with E-state index in [-0.39, 0.29) is 5.41 Å². The molecule has 0 saturated carbocycles. The molecule has 0 bridgehead atoms. The van der Waals surface area contributed by atoms with Crippen molar-refractivity contribution in [1.82, 2.24) is 0 Å². The van der Waals surface area contributed by atoms with Crippen LogP contribution >= 0.6 is 0 Å². The van der Waals surface area contributed by atoms with E-state index in [9.17, 15) is 0 Å². The van der Waals surface area contributed by atoms with E-state index in [1.807, 2.05) is 0 Å². The maximum Gasteiger partial charge on any atom is 0.0713 e. The van der Waals surface area contributed by atoms with Gasteiger partial charge in [0.2, 0.25) is 0 Å². The number of rotatable bonds is 6. The van der Waals surface area contributed by atoms with Gasteiger partial charge < -0.3 is 4.90 Å². The van der Waals surface area contributed by atoms with Crippen LogP contribution in [0.1, 0.15) is 47.2 Å². The molecule has 0 saturated heterocycles. The summed E-state index contributed by atoms with van der Waals surface area (Å²) in [4.78, 5) is 2.39. The maximum atomic E-state index is 2.39. The summed E-state index contributed by atoms with van der Waals surface area (Å²) in [7, 11) is 0. The van der Waals surface area contributed by atoms with Crippen LogP contribution in [0.5, 0.6) is 0 Å². The van der Waals surface area contributed by atoms with Crippen LogP contribution in [0.25, 0.3) is 33.4 Å². The highest BCUT2D eigenvalue weighted by molar-refractivity contribution is 5.88. The Balaban J connectivity index is 1.08. The Morgan fingerprint density at radius 2 is 0.811 bits per heavy atom. The molecule has 252 valence electrons. The number of para-hydroxylation sites is 1. The van der Waals surface area contributed by atoms with Crippen molar-refractivity contribution in [3.63, 3.8) is 0 Å². The van der Waals surface area contributed by atoms with Gasteiger partial charge >= 0.3 is 0 Å². The van der Waals surface area contributed by atoms with Gasteiger partial charge in [0.05, 0.1) is 5.41 Å². The van der Waals surface area contributed by atoms with Crippen molar-refractivity contribution in [3.05, 3.63) is 234 Å². The normalized spacial score (nSPS) is 14.2. The zero-order chi connectivity index (χ0) is 35.6. The first-order chi connectivity index (χ1) is 26.0. The molecule has 53 heavy (non-hydrogen) atoms. The van der Waals surface area contributed by atoms with Crippen molar-refractivity contribution in [2.75, 3.05) is 4.90 Å². The monoisotopic (exact) mass is 677 g/mol. The molecule has 0 spiro atoms. The number of anilines is 3. The van der Waals surface area contributed by atoms with E-state index >= 15 is 0 Å². The first-order valence-electron chi connectivity index (χ1n) is 18.6. The predicted octanol–water partition coefficient (Wildman–Crippen LogP) is 13.5. The Bertz CT molecular complexity index is 2590. The van der Waals surface area contributed by atoms with E-state index in [1.165, 1.54) is 66.8 Å². The minimum Gasteiger partial charge on any atom is -0.310 e. The highest BCUT2D eigenvalue weighted by atomic mass is 15.1. The molecule has 8 aromatic carbocycles. The van der Waals surface area contributed by atoms with Crippen molar-refractivity contribution in [2.24, 2.45) is 0 Å². The Kier molecular flexibility index (Phi) is 7.13. The second-order valence-electron chi connectivity index (χ2n) is 14.9. The number of benzene rings is 8. The molecule has 0 heterocycles. The van der Waals surface area contributed by atoms with Crippen LogP contribution in [0.15, 0.2) is 200 Å². The first-order valence-corrected chi connectivity index (χ1v) is 18.6. The highest BCUT2D eigenvalue weighted by Gasteiger charge is 2.45. The third kappa shape index (κ3) is 4.70. The Labute approximate surface area is 312 Å². The fourth-order valence-corrected chi connectivity index (χ4v) is 9.32.